The zero-order chi connectivity index (χ0) is 15.1. The number of hydrogen-bond donors (Lipinski definition) is 0. The van der Waals surface area contributed by atoms with Crippen LogP contribution in [0.1, 0.15) is 31.7 Å². The van der Waals surface area contributed by atoms with E-state index in [0.717, 1.165) is 38.1 Å². The minimum atomic E-state index is -0.0744. The maximum absolute atomic E-state index is 11.9. The molecule has 0 spiro atoms. The topological polar surface area (TPSA) is 38.8 Å². The fraction of sp³-hybridized carbons (Fsp3) is 0.588. The number of esters is 1. The summed E-state index contributed by atoms with van der Waals surface area (Å²) >= 11 is 0. The molecule has 0 N–H and O–H groups in total. The molecule has 4 heteroatoms. The molecular formula is C17H25NO3. The van der Waals surface area contributed by atoms with Gasteiger partial charge >= 0.3 is 5.97 Å². The van der Waals surface area contributed by atoms with Crippen molar-refractivity contribution in [1.82, 2.24) is 4.90 Å². The minimum absolute atomic E-state index is 0.0519. The zero-order valence-electron chi connectivity index (χ0n) is 13.0. The van der Waals surface area contributed by atoms with Crippen LogP contribution in [0.2, 0.25) is 0 Å². The number of aryl methyl sites for hydroxylation is 1. The summed E-state index contributed by atoms with van der Waals surface area (Å²) in [5.74, 6) is 0.841. The van der Waals surface area contributed by atoms with Crippen molar-refractivity contribution in [3.8, 4) is 5.75 Å². The molecule has 0 aliphatic carbocycles. The smallest absolute Gasteiger partial charge is 0.323 e. The largest absolute Gasteiger partial charge is 0.494 e. The standard InChI is InChI=1S/C17H25NO3/c1-3-20-17(19)16-9-5-10-18(16)11-6-12-21-15-8-4-7-14(2)13-15/h4,7-8,13,16H,3,5-6,9-12H2,1-2H3. The Morgan fingerprint density at radius 2 is 2.29 bits per heavy atom. The summed E-state index contributed by atoms with van der Waals surface area (Å²) in [6.45, 7) is 6.91. The molecule has 1 aromatic rings. The normalized spacial score (nSPS) is 18.7. The minimum Gasteiger partial charge on any atom is -0.494 e. The first-order valence-electron chi connectivity index (χ1n) is 7.81. The molecule has 1 atom stereocenters. The average Bonchev–Trinajstić information content (AvgIpc) is 2.92. The predicted molar refractivity (Wildman–Crippen MR) is 82.5 cm³/mol. The number of ether oxygens (including phenoxy) is 2. The highest BCUT2D eigenvalue weighted by Gasteiger charge is 2.31. The first-order valence-corrected chi connectivity index (χ1v) is 7.81. The molecule has 0 aromatic heterocycles. The highest BCUT2D eigenvalue weighted by atomic mass is 16.5. The van der Waals surface area contributed by atoms with Gasteiger partial charge in [0.05, 0.1) is 13.2 Å². The molecule has 1 unspecified atom stereocenters. The molecule has 1 saturated heterocycles. The summed E-state index contributed by atoms with van der Waals surface area (Å²) in [6.07, 6.45) is 2.91. The van der Waals surface area contributed by atoms with Crippen molar-refractivity contribution in [2.24, 2.45) is 0 Å². The lowest BCUT2D eigenvalue weighted by Crippen LogP contribution is -2.38. The third-order valence-electron chi connectivity index (χ3n) is 3.77. The Balaban J connectivity index is 1.71. The van der Waals surface area contributed by atoms with E-state index in [9.17, 15) is 4.79 Å². The highest BCUT2D eigenvalue weighted by Crippen LogP contribution is 2.19. The van der Waals surface area contributed by atoms with Crippen molar-refractivity contribution in [1.29, 1.82) is 0 Å². The number of nitrogens with zero attached hydrogens (tertiary/aromatic N) is 1. The van der Waals surface area contributed by atoms with Crippen LogP contribution in [0.3, 0.4) is 0 Å². The lowest BCUT2D eigenvalue weighted by molar-refractivity contribution is -0.148. The number of hydrogen-bond acceptors (Lipinski definition) is 4. The van der Waals surface area contributed by atoms with Crippen LogP contribution in [0.25, 0.3) is 0 Å². The molecule has 1 aromatic carbocycles. The van der Waals surface area contributed by atoms with E-state index in [-0.39, 0.29) is 12.0 Å². The number of carbonyl (C=O) groups excluding carboxylic acids is 1. The molecule has 21 heavy (non-hydrogen) atoms. The summed E-state index contributed by atoms with van der Waals surface area (Å²) < 4.78 is 10.9. The van der Waals surface area contributed by atoms with E-state index >= 15 is 0 Å². The third-order valence-corrected chi connectivity index (χ3v) is 3.77. The summed E-state index contributed by atoms with van der Waals surface area (Å²) in [4.78, 5) is 14.1. The van der Waals surface area contributed by atoms with Gasteiger partial charge in [0.1, 0.15) is 11.8 Å². The van der Waals surface area contributed by atoms with Crippen molar-refractivity contribution in [2.45, 2.75) is 39.2 Å². The van der Waals surface area contributed by atoms with Gasteiger partial charge in [-0.2, -0.15) is 0 Å². The Bertz CT molecular complexity index is 461. The van der Waals surface area contributed by atoms with E-state index in [4.69, 9.17) is 9.47 Å². The number of rotatable bonds is 7. The molecule has 1 aliphatic heterocycles. The summed E-state index contributed by atoms with van der Waals surface area (Å²) in [6, 6.07) is 8.02. The fourth-order valence-corrected chi connectivity index (χ4v) is 2.76. The second kappa shape index (κ2) is 8.03. The Labute approximate surface area is 127 Å². The Hall–Kier alpha value is -1.55. The van der Waals surface area contributed by atoms with Crippen LogP contribution in [0, 0.1) is 6.92 Å². The summed E-state index contributed by atoms with van der Waals surface area (Å²) in [5.41, 5.74) is 1.20. The lowest BCUT2D eigenvalue weighted by atomic mass is 10.2. The van der Waals surface area contributed by atoms with E-state index in [1.54, 1.807) is 0 Å². The Morgan fingerprint density at radius 3 is 3.05 bits per heavy atom. The molecular weight excluding hydrogens is 266 g/mol. The highest BCUT2D eigenvalue weighted by molar-refractivity contribution is 5.76. The van der Waals surface area contributed by atoms with Gasteiger partial charge in [-0.15, -0.1) is 0 Å². The monoisotopic (exact) mass is 291 g/mol. The van der Waals surface area contributed by atoms with E-state index in [2.05, 4.69) is 17.9 Å². The molecule has 1 aliphatic rings. The molecule has 2 rings (SSSR count). The molecule has 116 valence electrons. The molecule has 0 amide bonds. The van der Waals surface area contributed by atoms with Gasteiger partial charge in [0.25, 0.3) is 0 Å². The SMILES string of the molecule is CCOC(=O)C1CCCN1CCCOc1cccc(C)c1. The molecule has 1 fully saturated rings. The Morgan fingerprint density at radius 1 is 1.43 bits per heavy atom. The summed E-state index contributed by atoms with van der Waals surface area (Å²) in [7, 11) is 0. The van der Waals surface area contributed by atoms with E-state index in [1.165, 1.54) is 5.56 Å². The first kappa shape index (κ1) is 15.8. The molecule has 4 nitrogen and oxygen atoms in total. The van der Waals surface area contributed by atoms with Gasteiger partial charge in [0.2, 0.25) is 0 Å². The second-order valence-corrected chi connectivity index (χ2v) is 5.46. The molecule has 0 radical (unpaired) electrons. The van der Waals surface area contributed by atoms with Gasteiger partial charge in [0, 0.05) is 6.54 Å². The van der Waals surface area contributed by atoms with Gasteiger partial charge in [-0.05, 0) is 57.4 Å². The van der Waals surface area contributed by atoms with Gasteiger partial charge in [-0.1, -0.05) is 12.1 Å². The lowest BCUT2D eigenvalue weighted by Gasteiger charge is -2.22. The summed E-state index contributed by atoms with van der Waals surface area (Å²) in [5, 5.41) is 0. The van der Waals surface area contributed by atoms with Crippen LogP contribution >= 0.6 is 0 Å². The van der Waals surface area contributed by atoms with Crippen LogP contribution in [0.5, 0.6) is 5.75 Å². The molecule has 0 bridgehead atoms. The molecule has 1 heterocycles. The van der Waals surface area contributed by atoms with Crippen molar-refractivity contribution < 1.29 is 14.3 Å². The maximum atomic E-state index is 11.9. The van der Waals surface area contributed by atoms with Crippen molar-refractivity contribution in [3.63, 3.8) is 0 Å². The van der Waals surface area contributed by atoms with Crippen molar-refractivity contribution >= 4 is 5.97 Å². The Kier molecular flexibility index (Phi) is 6.05. The van der Waals surface area contributed by atoms with Crippen molar-refractivity contribution in [3.05, 3.63) is 29.8 Å². The van der Waals surface area contributed by atoms with Crippen molar-refractivity contribution in [2.75, 3.05) is 26.3 Å². The number of likely N-dealkylation sites (tertiary alicyclic amines) is 1. The van der Waals surface area contributed by atoms with E-state index in [1.807, 2.05) is 25.1 Å². The fourth-order valence-electron chi connectivity index (χ4n) is 2.76. The average molecular weight is 291 g/mol. The quantitative estimate of drug-likeness (QED) is 0.572. The first-order chi connectivity index (χ1) is 10.2. The van der Waals surface area contributed by atoms with Crippen LogP contribution in [-0.2, 0) is 9.53 Å². The van der Waals surface area contributed by atoms with Crippen LogP contribution in [0.15, 0.2) is 24.3 Å². The maximum Gasteiger partial charge on any atom is 0.323 e. The number of benzene rings is 1. The van der Waals surface area contributed by atoms with Gasteiger partial charge < -0.3 is 9.47 Å². The van der Waals surface area contributed by atoms with Gasteiger partial charge in [0.15, 0.2) is 0 Å². The van der Waals surface area contributed by atoms with Crippen LogP contribution in [0.4, 0.5) is 0 Å². The van der Waals surface area contributed by atoms with Crippen LogP contribution in [-0.4, -0.2) is 43.2 Å². The van der Waals surface area contributed by atoms with E-state index < -0.39 is 0 Å². The van der Waals surface area contributed by atoms with Crippen LogP contribution < -0.4 is 4.74 Å². The van der Waals surface area contributed by atoms with Gasteiger partial charge in [-0.25, -0.2) is 0 Å². The predicted octanol–water partition coefficient (Wildman–Crippen LogP) is 2.79. The molecule has 0 saturated carbocycles. The zero-order valence-corrected chi connectivity index (χ0v) is 13.0. The van der Waals surface area contributed by atoms with E-state index in [0.29, 0.717) is 13.2 Å². The second-order valence-electron chi connectivity index (χ2n) is 5.46. The number of carbonyl (C=O) groups is 1. The third kappa shape index (κ3) is 4.74. The van der Waals surface area contributed by atoms with Gasteiger partial charge in [-0.3, -0.25) is 9.69 Å².